The third-order valence-electron chi connectivity index (χ3n) is 13.1. The Morgan fingerprint density at radius 2 is 1.32 bits per heavy atom. The molecular formula is C44H42F6O2S. The van der Waals surface area contributed by atoms with Crippen molar-refractivity contribution in [1.29, 1.82) is 0 Å². The molecule has 3 heterocycles. The maximum Gasteiger partial charge on any atom is 0.168 e. The van der Waals surface area contributed by atoms with E-state index in [1.165, 1.54) is 0 Å². The highest BCUT2D eigenvalue weighted by molar-refractivity contribution is 7.25. The van der Waals surface area contributed by atoms with Crippen LogP contribution < -0.4 is 4.74 Å². The number of halogens is 6. The fraction of sp³-hybridized carbons (Fsp3) is 0.455. The fourth-order valence-electron chi connectivity index (χ4n) is 9.97. The lowest BCUT2D eigenvalue weighted by Gasteiger charge is -2.52. The number of aryl methyl sites for hydroxylation is 4. The zero-order valence-corrected chi connectivity index (χ0v) is 30.6. The third kappa shape index (κ3) is 5.78. The molecule has 0 spiro atoms. The molecule has 2 aliphatic heterocycles. The Balaban J connectivity index is 0.880. The lowest BCUT2D eigenvalue weighted by Crippen LogP contribution is -2.55. The van der Waals surface area contributed by atoms with Gasteiger partial charge in [-0.2, -0.15) is 0 Å². The zero-order chi connectivity index (χ0) is 36.7. The number of hydrogen-bond donors (Lipinski definition) is 0. The Labute approximate surface area is 309 Å². The van der Waals surface area contributed by atoms with Crippen molar-refractivity contribution in [3.8, 4) is 16.9 Å². The molecule has 9 heteroatoms. The average molecular weight is 749 g/mol. The van der Waals surface area contributed by atoms with Gasteiger partial charge in [-0.1, -0.05) is 55.5 Å². The summed E-state index contributed by atoms with van der Waals surface area (Å²) in [5.41, 5.74) is 3.14. The van der Waals surface area contributed by atoms with Crippen LogP contribution in [0.1, 0.15) is 66.8 Å². The lowest BCUT2D eigenvalue weighted by molar-refractivity contribution is -0.179. The number of rotatable bonds is 6. The van der Waals surface area contributed by atoms with Crippen LogP contribution in [0.2, 0.25) is 0 Å². The molecule has 278 valence electrons. The van der Waals surface area contributed by atoms with Crippen LogP contribution in [0.3, 0.4) is 0 Å². The molecular weight excluding hydrogens is 707 g/mol. The maximum absolute atomic E-state index is 16.0. The fourth-order valence-corrected chi connectivity index (χ4v) is 11.2. The second-order valence-electron chi connectivity index (χ2n) is 16.0. The van der Waals surface area contributed by atoms with E-state index >= 15 is 17.6 Å². The highest BCUT2D eigenvalue weighted by Gasteiger charge is 2.52. The van der Waals surface area contributed by atoms with E-state index in [0.717, 1.165) is 30.6 Å². The first kappa shape index (κ1) is 35.2. The second kappa shape index (κ2) is 13.6. The van der Waals surface area contributed by atoms with Crippen LogP contribution in [-0.4, -0.2) is 25.1 Å². The number of alkyl halides is 2. The summed E-state index contributed by atoms with van der Waals surface area (Å²) in [6.45, 7) is 3.73. The summed E-state index contributed by atoms with van der Waals surface area (Å²) in [5.74, 6) is -1.93. The van der Waals surface area contributed by atoms with Crippen LogP contribution in [0.5, 0.6) is 5.75 Å². The van der Waals surface area contributed by atoms with E-state index in [1.807, 2.05) is 13.0 Å². The molecule has 4 aromatic carbocycles. The van der Waals surface area contributed by atoms with Gasteiger partial charge >= 0.3 is 0 Å². The van der Waals surface area contributed by atoms with E-state index in [2.05, 4.69) is 0 Å². The molecule has 5 unspecified atom stereocenters. The molecule has 1 saturated heterocycles. The van der Waals surface area contributed by atoms with Gasteiger partial charge in [0.05, 0.1) is 22.1 Å². The molecule has 0 radical (unpaired) electrons. The molecule has 3 fully saturated rings. The molecule has 53 heavy (non-hydrogen) atoms. The Morgan fingerprint density at radius 1 is 0.660 bits per heavy atom. The number of hydrogen-bond acceptors (Lipinski definition) is 3. The minimum atomic E-state index is -1.07. The monoisotopic (exact) mass is 748 g/mol. The van der Waals surface area contributed by atoms with E-state index in [1.54, 1.807) is 49.4 Å². The van der Waals surface area contributed by atoms with Gasteiger partial charge in [0.2, 0.25) is 0 Å². The van der Waals surface area contributed by atoms with Crippen LogP contribution in [-0.2, 0) is 30.6 Å². The molecule has 0 amide bonds. The highest BCUT2D eigenvalue weighted by Crippen LogP contribution is 2.51. The van der Waals surface area contributed by atoms with Gasteiger partial charge in [-0.25, -0.2) is 26.3 Å². The van der Waals surface area contributed by atoms with Crippen molar-refractivity contribution in [2.45, 2.75) is 90.3 Å². The molecule has 2 aliphatic carbocycles. The normalized spacial score (nSPS) is 27.9. The number of fused-ring (bicyclic) bond motifs is 9. The molecule has 0 N–H and O–H groups in total. The number of ether oxygens (including phenoxy) is 2. The molecule has 5 aromatic rings. The second-order valence-corrected chi connectivity index (χ2v) is 17.0. The van der Waals surface area contributed by atoms with Crippen molar-refractivity contribution in [3.05, 3.63) is 99.6 Å². The lowest BCUT2D eigenvalue weighted by atomic mass is 9.61. The van der Waals surface area contributed by atoms with Crippen molar-refractivity contribution in [3.63, 3.8) is 0 Å². The quantitative estimate of drug-likeness (QED) is 0.161. The minimum Gasteiger partial charge on any atom is -0.485 e. The highest BCUT2D eigenvalue weighted by atomic mass is 32.1. The van der Waals surface area contributed by atoms with Gasteiger partial charge in [-0.15, -0.1) is 11.3 Å². The molecule has 2 saturated carbocycles. The van der Waals surface area contributed by atoms with E-state index < -0.39 is 35.9 Å². The molecule has 8 atom stereocenters. The Kier molecular flexibility index (Phi) is 9.04. The maximum atomic E-state index is 16.0. The molecule has 4 aliphatic rings. The first-order valence-electron chi connectivity index (χ1n) is 19.0. The molecule has 1 aromatic heterocycles. The average Bonchev–Trinajstić information content (AvgIpc) is 3.55. The van der Waals surface area contributed by atoms with Gasteiger partial charge in [0, 0.05) is 27.8 Å². The predicted molar refractivity (Wildman–Crippen MR) is 197 cm³/mol. The molecule has 9 rings (SSSR count). The molecule has 2 nitrogen and oxygen atoms in total. The van der Waals surface area contributed by atoms with Crippen LogP contribution in [0.4, 0.5) is 26.3 Å². The van der Waals surface area contributed by atoms with Crippen LogP contribution >= 0.6 is 11.3 Å². The summed E-state index contributed by atoms with van der Waals surface area (Å²) in [4.78, 5) is 0. The van der Waals surface area contributed by atoms with Gasteiger partial charge in [-0.3, -0.25) is 0 Å². The van der Waals surface area contributed by atoms with E-state index in [4.69, 9.17) is 9.47 Å². The largest absolute Gasteiger partial charge is 0.485 e. The zero-order valence-electron chi connectivity index (χ0n) is 29.8. The van der Waals surface area contributed by atoms with Crippen molar-refractivity contribution in [2.75, 3.05) is 6.61 Å². The van der Waals surface area contributed by atoms with E-state index in [-0.39, 0.29) is 67.2 Å². The van der Waals surface area contributed by atoms with Crippen molar-refractivity contribution < 1.29 is 35.8 Å². The molecule has 0 bridgehead atoms. The Morgan fingerprint density at radius 3 is 2.11 bits per heavy atom. The SMILES string of the molecule is Cc1ccc2c(sc3c(F)c(CCc4ccc5c(c4F)OCc4c-5ccc(CC[C@H]5CC[C@H]6C7CC[C@@H](C)C(F)C7OCC6C5F)c4F)ccc32)c1F. The summed E-state index contributed by atoms with van der Waals surface area (Å²) < 4.78 is 106. The van der Waals surface area contributed by atoms with Gasteiger partial charge in [0.25, 0.3) is 0 Å². The van der Waals surface area contributed by atoms with Crippen LogP contribution in [0.25, 0.3) is 31.3 Å². The Bertz CT molecular complexity index is 2230. The van der Waals surface area contributed by atoms with Gasteiger partial charge < -0.3 is 9.47 Å². The summed E-state index contributed by atoms with van der Waals surface area (Å²) in [6.07, 6.45) is 2.09. The van der Waals surface area contributed by atoms with Crippen molar-refractivity contribution >= 4 is 31.5 Å². The summed E-state index contributed by atoms with van der Waals surface area (Å²) in [6, 6.07) is 13.9. The first-order chi connectivity index (χ1) is 25.6. The van der Waals surface area contributed by atoms with E-state index in [9.17, 15) is 8.78 Å². The third-order valence-corrected chi connectivity index (χ3v) is 14.3. The number of benzene rings is 4. The van der Waals surface area contributed by atoms with Crippen LogP contribution in [0, 0.1) is 59.8 Å². The van der Waals surface area contributed by atoms with Crippen molar-refractivity contribution in [1.82, 2.24) is 0 Å². The minimum absolute atomic E-state index is 0.0235. The predicted octanol–water partition coefficient (Wildman–Crippen LogP) is 12.0. The summed E-state index contributed by atoms with van der Waals surface area (Å²) in [5, 5.41) is 1.34. The van der Waals surface area contributed by atoms with E-state index in [0.29, 0.717) is 78.4 Å². The first-order valence-corrected chi connectivity index (χ1v) is 19.9. The number of thiophene rings is 1. The summed E-state index contributed by atoms with van der Waals surface area (Å²) >= 11 is 1.09. The van der Waals surface area contributed by atoms with Crippen molar-refractivity contribution in [2.24, 2.45) is 29.6 Å². The Hall–Kier alpha value is -3.56. The smallest absolute Gasteiger partial charge is 0.168 e. The topological polar surface area (TPSA) is 18.5 Å². The van der Waals surface area contributed by atoms with Gasteiger partial charge in [0.15, 0.2) is 11.6 Å². The standard InChI is InChI=1S/C44H42F6O2S/c1-21-3-13-29-27-15-9-23(37(47)33(27)19-51-41(29)35(21)45)5-6-24-10-16-28-30-17-11-25(39(49)42(30)52-20-34(28)38(24)48)7-8-26-12-18-32-31-14-4-22(2)36(46)43(31)53-44(32)40(26)50/h4,10-12,14,16-18,21,23,27,29,33,35,37,41H,3,5-9,13,15,19-20H2,1-2H3/t21-,23+,27+,29?,33?,35?,37?,41?/m1/s1. The van der Waals surface area contributed by atoms with Crippen LogP contribution in [0.15, 0.2) is 48.5 Å². The summed E-state index contributed by atoms with van der Waals surface area (Å²) in [7, 11) is 0. The van der Waals surface area contributed by atoms with Gasteiger partial charge in [0.1, 0.15) is 36.4 Å². The van der Waals surface area contributed by atoms with Gasteiger partial charge in [-0.05, 0) is 110 Å².